The summed E-state index contributed by atoms with van der Waals surface area (Å²) in [7, 11) is 0. The van der Waals surface area contributed by atoms with Crippen molar-refractivity contribution >= 4 is 38.1 Å². The third-order valence-electron chi connectivity index (χ3n) is 2.10. The van der Waals surface area contributed by atoms with Gasteiger partial charge in [-0.3, -0.25) is 0 Å². The molecule has 0 amide bonds. The summed E-state index contributed by atoms with van der Waals surface area (Å²) in [5, 5.41) is 11.7. The summed E-state index contributed by atoms with van der Waals surface area (Å²) in [6.07, 6.45) is 2.25. The fourth-order valence-corrected chi connectivity index (χ4v) is 2.30. The van der Waals surface area contributed by atoms with Crippen molar-refractivity contribution in [2.24, 2.45) is 5.16 Å². The van der Waals surface area contributed by atoms with Crippen LogP contribution < -0.4 is 9.47 Å². The highest BCUT2D eigenvalue weighted by Gasteiger charge is 2.16. The molecule has 0 saturated carbocycles. The van der Waals surface area contributed by atoms with Crippen molar-refractivity contribution in [1.82, 2.24) is 0 Å². The molecular formula is C12H15Br2NO3. The van der Waals surface area contributed by atoms with Gasteiger partial charge in [-0.25, -0.2) is 0 Å². The largest absolute Gasteiger partial charge is 0.490 e. The van der Waals surface area contributed by atoms with Gasteiger partial charge in [-0.2, -0.15) is 0 Å². The first kappa shape index (κ1) is 15.3. The molecule has 0 unspecified atom stereocenters. The van der Waals surface area contributed by atoms with Gasteiger partial charge in [0.2, 0.25) is 0 Å². The zero-order valence-corrected chi connectivity index (χ0v) is 13.4. The molecule has 0 bridgehead atoms. The molecule has 0 aliphatic rings. The summed E-state index contributed by atoms with van der Waals surface area (Å²) in [4.78, 5) is 0. The molecular weight excluding hydrogens is 366 g/mol. The molecule has 0 fully saturated rings. The molecule has 0 spiro atoms. The highest BCUT2D eigenvalue weighted by atomic mass is 79.9. The highest BCUT2D eigenvalue weighted by molar-refractivity contribution is 9.13. The summed E-state index contributed by atoms with van der Waals surface area (Å²) >= 11 is 6.88. The minimum absolute atomic E-state index is 0.534. The van der Waals surface area contributed by atoms with Crippen molar-refractivity contribution in [1.29, 1.82) is 0 Å². The van der Waals surface area contributed by atoms with Crippen LogP contribution in [0.15, 0.2) is 20.2 Å². The maximum atomic E-state index is 8.63. The molecule has 1 aromatic rings. The predicted octanol–water partition coefficient (Wildman–Crippen LogP) is 4.21. The molecule has 0 heterocycles. The Labute approximate surface area is 123 Å². The van der Waals surface area contributed by atoms with Crippen LogP contribution in [0.1, 0.15) is 25.8 Å². The van der Waals surface area contributed by atoms with Crippen LogP contribution in [0.25, 0.3) is 0 Å². The Kier molecular flexibility index (Phi) is 6.49. The van der Waals surface area contributed by atoms with Gasteiger partial charge in [0, 0.05) is 10.0 Å². The average molecular weight is 381 g/mol. The molecule has 0 aliphatic carbocycles. The molecule has 18 heavy (non-hydrogen) atoms. The number of ether oxygens (including phenoxy) is 2. The van der Waals surface area contributed by atoms with Crippen LogP contribution in [0.2, 0.25) is 0 Å². The van der Waals surface area contributed by atoms with Crippen LogP contribution in [0.5, 0.6) is 11.5 Å². The number of nitrogens with zero attached hydrogens (tertiary/aromatic N) is 1. The van der Waals surface area contributed by atoms with Gasteiger partial charge in [0.05, 0.1) is 23.9 Å². The third kappa shape index (κ3) is 3.62. The van der Waals surface area contributed by atoms with Gasteiger partial charge >= 0.3 is 0 Å². The van der Waals surface area contributed by atoms with E-state index in [1.165, 1.54) is 6.21 Å². The Morgan fingerprint density at radius 1 is 1.28 bits per heavy atom. The van der Waals surface area contributed by atoms with E-state index >= 15 is 0 Å². The molecule has 0 aromatic heterocycles. The van der Waals surface area contributed by atoms with Gasteiger partial charge in [0.1, 0.15) is 0 Å². The van der Waals surface area contributed by atoms with Gasteiger partial charge in [0.25, 0.3) is 0 Å². The number of benzene rings is 1. The number of halogens is 2. The number of hydrogen-bond donors (Lipinski definition) is 1. The van der Waals surface area contributed by atoms with Crippen molar-refractivity contribution in [3.63, 3.8) is 0 Å². The quantitative estimate of drug-likeness (QED) is 0.457. The lowest BCUT2D eigenvalue weighted by molar-refractivity contribution is 0.275. The first-order valence-electron chi connectivity index (χ1n) is 5.60. The molecule has 0 atom stereocenters. The summed E-state index contributed by atoms with van der Waals surface area (Å²) in [5.41, 5.74) is 0.705. The van der Waals surface area contributed by atoms with Crippen LogP contribution in [-0.2, 0) is 0 Å². The summed E-state index contributed by atoms with van der Waals surface area (Å²) in [5.74, 6) is 1.27. The SMILES string of the molecule is CCCOc1c(OCC)cc(C=NO)c(Br)c1Br. The second kappa shape index (κ2) is 7.63. The minimum atomic E-state index is 0.534. The summed E-state index contributed by atoms with van der Waals surface area (Å²) in [6, 6.07) is 1.77. The standard InChI is InChI=1S/C12H15Br2NO3/c1-3-5-18-12-9(17-4-2)6-8(7-15-16)10(13)11(12)14/h6-7,16H,3-5H2,1-2H3. The van der Waals surface area contributed by atoms with Crippen LogP contribution in [0.3, 0.4) is 0 Å². The average Bonchev–Trinajstić information content (AvgIpc) is 2.36. The number of oxime groups is 1. The van der Waals surface area contributed by atoms with Gasteiger partial charge < -0.3 is 14.7 Å². The second-order valence-electron chi connectivity index (χ2n) is 3.45. The number of hydrogen-bond acceptors (Lipinski definition) is 4. The van der Waals surface area contributed by atoms with Crippen LogP contribution in [0, 0.1) is 0 Å². The molecule has 4 nitrogen and oxygen atoms in total. The Balaban J connectivity index is 3.25. The maximum Gasteiger partial charge on any atom is 0.176 e. The molecule has 0 radical (unpaired) electrons. The molecule has 0 aliphatic heterocycles. The first-order chi connectivity index (χ1) is 8.65. The molecule has 1 aromatic carbocycles. The van der Waals surface area contributed by atoms with E-state index < -0.39 is 0 Å². The summed E-state index contributed by atoms with van der Waals surface area (Å²) in [6.45, 7) is 5.08. The van der Waals surface area contributed by atoms with Crippen molar-refractivity contribution < 1.29 is 14.7 Å². The lowest BCUT2D eigenvalue weighted by atomic mass is 10.2. The predicted molar refractivity (Wildman–Crippen MR) is 78.2 cm³/mol. The fourth-order valence-electron chi connectivity index (χ4n) is 1.36. The van der Waals surface area contributed by atoms with Gasteiger partial charge in [0.15, 0.2) is 11.5 Å². The Morgan fingerprint density at radius 3 is 2.56 bits per heavy atom. The Bertz CT molecular complexity index is 436. The topological polar surface area (TPSA) is 51.0 Å². The lowest BCUT2D eigenvalue weighted by Crippen LogP contribution is -2.02. The van der Waals surface area contributed by atoms with Gasteiger partial charge in [-0.15, -0.1) is 0 Å². The van der Waals surface area contributed by atoms with Gasteiger partial charge in [-0.05, 0) is 51.3 Å². The van der Waals surface area contributed by atoms with Crippen LogP contribution in [-0.4, -0.2) is 24.6 Å². The zero-order valence-electron chi connectivity index (χ0n) is 10.2. The normalized spacial score (nSPS) is 10.9. The Morgan fingerprint density at radius 2 is 2.00 bits per heavy atom. The highest BCUT2D eigenvalue weighted by Crippen LogP contribution is 2.42. The van der Waals surface area contributed by atoms with E-state index in [0.29, 0.717) is 30.3 Å². The fraction of sp³-hybridized carbons (Fsp3) is 0.417. The van der Waals surface area contributed by atoms with E-state index in [2.05, 4.69) is 37.0 Å². The van der Waals surface area contributed by atoms with E-state index in [9.17, 15) is 0 Å². The zero-order chi connectivity index (χ0) is 13.5. The lowest BCUT2D eigenvalue weighted by Gasteiger charge is -2.15. The third-order valence-corrected chi connectivity index (χ3v) is 4.25. The maximum absolute atomic E-state index is 8.63. The van der Waals surface area contributed by atoms with Crippen molar-refractivity contribution in [2.75, 3.05) is 13.2 Å². The minimum Gasteiger partial charge on any atom is -0.490 e. The molecule has 0 saturated heterocycles. The van der Waals surface area contributed by atoms with E-state index in [1.807, 2.05) is 13.8 Å². The molecule has 1 rings (SSSR count). The van der Waals surface area contributed by atoms with E-state index in [1.54, 1.807) is 6.07 Å². The van der Waals surface area contributed by atoms with E-state index in [0.717, 1.165) is 15.4 Å². The monoisotopic (exact) mass is 379 g/mol. The number of rotatable bonds is 6. The van der Waals surface area contributed by atoms with E-state index in [4.69, 9.17) is 14.7 Å². The second-order valence-corrected chi connectivity index (χ2v) is 5.03. The van der Waals surface area contributed by atoms with Crippen molar-refractivity contribution in [3.8, 4) is 11.5 Å². The van der Waals surface area contributed by atoms with Crippen LogP contribution in [0.4, 0.5) is 0 Å². The van der Waals surface area contributed by atoms with Crippen molar-refractivity contribution in [3.05, 3.63) is 20.6 Å². The van der Waals surface area contributed by atoms with Crippen LogP contribution >= 0.6 is 31.9 Å². The van der Waals surface area contributed by atoms with Gasteiger partial charge in [-0.1, -0.05) is 12.1 Å². The van der Waals surface area contributed by atoms with Crippen molar-refractivity contribution in [2.45, 2.75) is 20.3 Å². The summed E-state index contributed by atoms with van der Waals surface area (Å²) < 4.78 is 12.7. The molecule has 100 valence electrons. The first-order valence-corrected chi connectivity index (χ1v) is 7.19. The molecule has 6 heteroatoms. The smallest absolute Gasteiger partial charge is 0.176 e. The Hall–Kier alpha value is -0.750. The molecule has 1 N–H and O–H groups in total. The van der Waals surface area contributed by atoms with E-state index in [-0.39, 0.29) is 0 Å².